The minimum absolute atomic E-state index is 0.634. The summed E-state index contributed by atoms with van der Waals surface area (Å²) in [6.07, 6.45) is 0.890. The third-order valence-electron chi connectivity index (χ3n) is 4.49. The molecule has 140 valence electrons. The van der Waals surface area contributed by atoms with E-state index in [0.717, 1.165) is 35.9 Å². The number of ether oxygens (including phenoxy) is 1. The van der Waals surface area contributed by atoms with E-state index in [1.165, 1.54) is 16.7 Å². The van der Waals surface area contributed by atoms with Crippen LogP contribution in [0.25, 0.3) is 0 Å². The highest BCUT2D eigenvalue weighted by Crippen LogP contribution is 2.20. The van der Waals surface area contributed by atoms with Crippen molar-refractivity contribution >= 4 is 17.5 Å². The van der Waals surface area contributed by atoms with Gasteiger partial charge in [0.05, 0.1) is 7.11 Å². The van der Waals surface area contributed by atoms with Gasteiger partial charge in [-0.05, 0) is 68.1 Å². The summed E-state index contributed by atoms with van der Waals surface area (Å²) in [6.45, 7) is 6.96. The molecule has 0 saturated heterocycles. The van der Waals surface area contributed by atoms with Gasteiger partial charge in [-0.1, -0.05) is 18.2 Å². The lowest BCUT2D eigenvalue weighted by Gasteiger charge is -2.11. The summed E-state index contributed by atoms with van der Waals surface area (Å²) in [4.78, 5) is 9.07. The Bertz CT molecular complexity index is 907. The van der Waals surface area contributed by atoms with E-state index in [-0.39, 0.29) is 0 Å². The maximum Gasteiger partial charge on any atom is 0.224 e. The van der Waals surface area contributed by atoms with Gasteiger partial charge in [0.15, 0.2) is 0 Å². The minimum Gasteiger partial charge on any atom is -0.497 e. The van der Waals surface area contributed by atoms with Gasteiger partial charge in [-0.25, -0.2) is 4.98 Å². The van der Waals surface area contributed by atoms with Gasteiger partial charge in [0, 0.05) is 24.0 Å². The van der Waals surface area contributed by atoms with Crippen molar-refractivity contribution in [2.45, 2.75) is 27.2 Å². The number of methoxy groups -OCH3 is 1. The smallest absolute Gasteiger partial charge is 0.224 e. The van der Waals surface area contributed by atoms with Gasteiger partial charge in [0.25, 0.3) is 0 Å². The van der Waals surface area contributed by atoms with Crippen LogP contribution in [-0.2, 0) is 6.42 Å². The number of aromatic nitrogens is 2. The Kier molecular flexibility index (Phi) is 5.91. The highest BCUT2D eigenvalue weighted by Gasteiger charge is 2.04. The normalized spacial score (nSPS) is 10.5. The van der Waals surface area contributed by atoms with Crippen molar-refractivity contribution in [2.75, 3.05) is 24.3 Å². The van der Waals surface area contributed by atoms with Crippen molar-refractivity contribution < 1.29 is 4.74 Å². The number of hydrogen-bond acceptors (Lipinski definition) is 5. The van der Waals surface area contributed by atoms with Gasteiger partial charge < -0.3 is 15.4 Å². The van der Waals surface area contributed by atoms with E-state index >= 15 is 0 Å². The van der Waals surface area contributed by atoms with E-state index in [1.54, 1.807) is 7.11 Å². The van der Waals surface area contributed by atoms with Crippen LogP contribution in [0.15, 0.2) is 48.5 Å². The molecule has 0 radical (unpaired) electrons. The van der Waals surface area contributed by atoms with Crippen LogP contribution in [0, 0.1) is 20.8 Å². The van der Waals surface area contributed by atoms with Crippen LogP contribution in [-0.4, -0.2) is 23.6 Å². The van der Waals surface area contributed by atoms with Crippen LogP contribution in [0.3, 0.4) is 0 Å². The molecule has 0 atom stereocenters. The Morgan fingerprint density at radius 2 is 1.67 bits per heavy atom. The lowest BCUT2D eigenvalue weighted by atomic mass is 10.1. The molecular formula is C22H26N4O. The molecule has 3 aromatic rings. The molecule has 5 nitrogen and oxygen atoms in total. The third-order valence-corrected chi connectivity index (χ3v) is 4.49. The molecule has 0 aliphatic carbocycles. The number of benzene rings is 2. The van der Waals surface area contributed by atoms with Gasteiger partial charge in [-0.3, -0.25) is 0 Å². The molecule has 1 heterocycles. The molecule has 0 aliphatic heterocycles. The Hall–Kier alpha value is -3.08. The van der Waals surface area contributed by atoms with Crippen LogP contribution < -0.4 is 15.4 Å². The van der Waals surface area contributed by atoms with Crippen LogP contribution in [0.5, 0.6) is 5.75 Å². The van der Waals surface area contributed by atoms with Crippen molar-refractivity contribution in [3.63, 3.8) is 0 Å². The third kappa shape index (κ3) is 5.20. The van der Waals surface area contributed by atoms with E-state index in [4.69, 9.17) is 4.74 Å². The monoisotopic (exact) mass is 362 g/mol. The molecule has 3 rings (SSSR count). The minimum atomic E-state index is 0.634. The lowest BCUT2D eigenvalue weighted by molar-refractivity contribution is 0.414. The summed E-state index contributed by atoms with van der Waals surface area (Å²) in [7, 11) is 1.68. The second-order valence-corrected chi connectivity index (χ2v) is 6.67. The molecule has 0 spiro atoms. The highest BCUT2D eigenvalue weighted by atomic mass is 16.5. The standard InChI is InChI=1S/C22H26N4O/c1-15-5-8-19(13-16(15)2)25-21-14-17(3)24-22(26-21)23-12-11-18-6-9-20(27-4)10-7-18/h5-10,13-14H,11-12H2,1-4H3,(H2,23,24,25,26). The summed E-state index contributed by atoms with van der Waals surface area (Å²) in [5.41, 5.74) is 5.72. The number of anilines is 3. The maximum atomic E-state index is 5.19. The van der Waals surface area contributed by atoms with Gasteiger partial charge in [0.1, 0.15) is 11.6 Å². The molecule has 5 heteroatoms. The molecule has 27 heavy (non-hydrogen) atoms. The number of nitrogens with zero attached hydrogens (tertiary/aromatic N) is 2. The average Bonchev–Trinajstić information content (AvgIpc) is 2.65. The Balaban J connectivity index is 1.62. The first-order valence-electron chi connectivity index (χ1n) is 9.10. The molecule has 2 N–H and O–H groups in total. The summed E-state index contributed by atoms with van der Waals surface area (Å²) in [5, 5.41) is 6.68. The Morgan fingerprint density at radius 1 is 0.889 bits per heavy atom. The summed E-state index contributed by atoms with van der Waals surface area (Å²) in [5.74, 6) is 2.29. The first-order valence-corrected chi connectivity index (χ1v) is 9.10. The van der Waals surface area contributed by atoms with Gasteiger partial charge in [-0.2, -0.15) is 4.98 Å². The highest BCUT2D eigenvalue weighted by molar-refractivity contribution is 5.59. The molecular weight excluding hydrogens is 336 g/mol. The van der Waals surface area contributed by atoms with Gasteiger partial charge in [-0.15, -0.1) is 0 Å². The van der Waals surface area contributed by atoms with E-state index in [1.807, 2.05) is 25.1 Å². The number of aryl methyl sites for hydroxylation is 3. The fraction of sp³-hybridized carbons (Fsp3) is 0.273. The fourth-order valence-corrected chi connectivity index (χ4v) is 2.79. The van der Waals surface area contributed by atoms with E-state index in [0.29, 0.717) is 5.95 Å². The zero-order valence-corrected chi connectivity index (χ0v) is 16.3. The van der Waals surface area contributed by atoms with Crippen LogP contribution in [0.4, 0.5) is 17.5 Å². The zero-order valence-electron chi connectivity index (χ0n) is 16.3. The van der Waals surface area contributed by atoms with Crippen molar-refractivity contribution in [2.24, 2.45) is 0 Å². The maximum absolute atomic E-state index is 5.19. The Morgan fingerprint density at radius 3 is 2.37 bits per heavy atom. The predicted molar refractivity (Wildman–Crippen MR) is 111 cm³/mol. The number of hydrogen-bond donors (Lipinski definition) is 2. The second-order valence-electron chi connectivity index (χ2n) is 6.67. The van der Waals surface area contributed by atoms with E-state index in [2.05, 4.69) is 64.8 Å². The molecule has 0 unspecified atom stereocenters. The largest absolute Gasteiger partial charge is 0.497 e. The zero-order chi connectivity index (χ0) is 19.2. The molecule has 0 amide bonds. The first kappa shape index (κ1) is 18.7. The lowest BCUT2D eigenvalue weighted by Crippen LogP contribution is -2.09. The SMILES string of the molecule is COc1ccc(CCNc2nc(C)cc(Nc3ccc(C)c(C)c3)n2)cc1. The average molecular weight is 362 g/mol. The van der Waals surface area contributed by atoms with Crippen LogP contribution in [0.1, 0.15) is 22.4 Å². The van der Waals surface area contributed by atoms with Crippen molar-refractivity contribution in [3.8, 4) is 5.75 Å². The van der Waals surface area contributed by atoms with Gasteiger partial charge >= 0.3 is 0 Å². The van der Waals surface area contributed by atoms with Crippen molar-refractivity contribution in [1.29, 1.82) is 0 Å². The molecule has 0 fully saturated rings. The molecule has 0 bridgehead atoms. The van der Waals surface area contributed by atoms with Crippen molar-refractivity contribution in [1.82, 2.24) is 9.97 Å². The fourth-order valence-electron chi connectivity index (χ4n) is 2.79. The summed E-state index contributed by atoms with van der Waals surface area (Å²) < 4.78 is 5.19. The molecule has 1 aromatic heterocycles. The molecule has 2 aromatic carbocycles. The topological polar surface area (TPSA) is 59.1 Å². The molecule has 0 aliphatic rings. The first-order chi connectivity index (χ1) is 13.0. The number of nitrogens with one attached hydrogen (secondary N) is 2. The van der Waals surface area contributed by atoms with Crippen LogP contribution >= 0.6 is 0 Å². The second kappa shape index (κ2) is 8.54. The quantitative estimate of drug-likeness (QED) is 0.632. The summed E-state index contributed by atoms with van der Waals surface area (Å²) >= 11 is 0. The predicted octanol–water partition coefficient (Wildman–Crippen LogP) is 4.81. The van der Waals surface area contributed by atoms with Crippen molar-refractivity contribution in [3.05, 3.63) is 70.9 Å². The van der Waals surface area contributed by atoms with Gasteiger partial charge in [0.2, 0.25) is 5.95 Å². The molecule has 0 saturated carbocycles. The van der Waals surface area contributed by atoms with E-state index in [9.17, 15) is 0 Å². The van der Waals surface area contributed by atoms with E-state index < -0.39 is 0 Å². The van der Waals surface area contributed by atoms with Crippen LogP contribution in [0.2, 0.25) is 0 Å². The Labute approximate surface area is 160 Å². The number of rotatable bonds is 7. The summed E-state index contributed by atoms with van der Waals surface area (Å²) in [6, 6.07) is 16.4.